The summed E-state index contributed by atoms with van der Waals surface area (Å²) >= 11 is 0. The lowest BCUT2D eigenvalue weighted by molar-refractivity contribution is -0.384. The first kappa shape index (κ1) is 26.5. The maximum absolute atomic E-state index is 11.3. The summed E-state index contributed by atoms with van der Waals surface area (Å²) in [6, 6.07) is 56.7. The first-order valence-electron chi connectivity index (χ1n) is 13.8. The molecule has 0 fully saturated rings. The molecule has 4 heteroatoms. The Balaban J connectivity index is 1.52. The molecule has 6 aromatic carbocycles. The van der Waals surface area contributed by atoms with Gasteiger partial charge in [-0.3, -0.25) is 10.1 Å². The van der Waals surface area contributed by atoms with Crippen molar-refractivity contribution >= 4 is 33.9 Å². The largest absolute Gasteiger partial charge is 0.310 e. The van der Waals surface area contributed by atoms with Gasteiger partial charge in [-0.15, -0.1) is 0 Å². The number of nitro groups is 1. The molecule has 6 aromatic rings. The van der Waals surface area contributed by atoms with Gasteiger partial charge in [-0.1, -0.05) is 121 Å². The molecule has 6 rings (SSSR count). The molecule has 42 heavy (non-hydrogen) atoms. The van der Waals surface area contributed by atoms with Gasteiger partial charge >= 0.3 is 0 Å². The number of non-ortho nitro benzene ring substituents is 1. The monoisotopic (exact) mass is 544 g/mol. The molecular formula is C38H28N2O2. The highest BCUT2D eigenvalue weighted by molar-refractivity contribution is 6.04. The van der Waals surface area contributed by atoms with Gasteiger partial charge < -0.3 is 4.90 Å². The maximum atomic E-state index is 11.3. The van der Waals surface area contributed by atoms with Crippen LogP contribution in [0.2, 0.25) is 0 Å². The van der Waals surface area contributed by atoms with Gasteiger partial charge in [0, 0.05) is 29.2 Å². The number of anilines is 3. The second-order valence-electron chi connectivity index (χ2n) is 9.84. The minimum Gasteiger partial charge on any atom is -0.310 e. The van der Waals surface area contributed by atoms with E-state index in [4.69, 9.17) is 0 Å². The highest BCUT2D eigenvalue weighted by Gasteiger charge is 2.18. The summed E-state index contributed by atoms with van der Waals surface area (Å²) in [5.41, 5.74) is 9.62. The van der Waals surface area contributed by atoms with Gasteiger partial charge in [-0.05, 0) is 69.8 Å². The fraction of sp³-hybridized carbons (Fsp3) is 0. The molecule has 0 unspecified atom stereocenters. The predicted molar refractivity (Wildman–Crippen MR) is 172 cm³/mol. The van der Waals surface area contributed by atoms with Crippen LogP contribution >= 0.6 is 0 Å². The molecule has 0 saturated carbocycles. The number of para-hydroxylation sites is 1. The SMILES string of the molecule is O=[N+]([O-])c1ccc(N(c2ccccc2)c2ccc(C(=C(c3ccccc3)c3ccccc3)c3ccccc3)cc2)cc1. The summed E-state index contributed by atoms with van der Waals surface area (Å²) in [4.78, 5) is 13.0. The van der Waals surface area contributed by atoms with Crippen molar-refractivity contribution in [2.24, 2.45) is 0 Å². The van der Waals surface area contributed by atoms with E-state index in [0.717, 1.165) is 50.5 Å². The molecule has 0 bridgehead atoms. The Hall–Kier alpha value is -5.74. The van der Waals surface area contributed by atoms with E-state index in [-0.39, 0.29) is 10.6 Å². The highest BCUT2D eigenvalue weighted by atomic mass is 16.6. The third-order valence-corrected chi connectivity index (χ3v) is 7.18. The zero-order chi connectivity index (χ0) is 28.7. The van der Waals surface area contributed by atoms with E-state index in [1.165, 1.54) is 0 Å². The Bertz CT molecular complexity index is 1760. The van der Waals surface area contributed by atoms with Gasteiger partial charge in [0.1, 0.15) is 0 Å². The van der Waals surface area contributed by atoms with Crippen molar-refractivity contribution in [3.63, 3.8) is 0 Å². The molecular weight excluding hydrogens is 516 g/mol. The molecule has 0 aliphatic heterocycles. The van der Waals surface area contributed by atoms with Crippen molar-refractivity contribution in [2.45, 2.75) is 0 Å². The average molecular weight is 545 g/mol. The van der Waals surface area contributed by atoms with Crippen LogP contribution in [0.1, 0.15) is 22.3 Å². The Labute approximate surface area is 245 Å². The van der Waals surface area contributed by atoms with E-state index in [0.29, 0.717) is 0 Å². The standard InChI is InChI=1S/C38H28N2O2/c41-40(42)36-27-25-35(26-28-36)39(33-19-11-4-12-20-33)34-23-21-32(22-24-34)38(31-17-9-3-10-18-31)37(29-13-5-1-6-14-29)30-15-7-2-8-16-30/h1-28H. The van der Waals surface area contributed by atoms with Gasteiger partial charge in [0.2, 0.25) is 0 Å². The topological polar surface area (TPSA) is 46.4 Å². The molecule has 0 aromatic heterocycles. The first-order valence-corrected chi connectivity index (χ1v) is 13.8. The predicted octanol–water partition coefficient (Wildman–Crippen LogP) is 10.1. The number of hydrogen-bond donors (Lipinski definition) is 0. The van der Waals surface area contributed by atoms with Crippen LogP contribution in [0.4, 0.5) is 22.7 Å². The summed E-state index contributed by atoms with van der Waals surface area (Å²) in [5, 5.41) is 11.3. The Morgan fingerprint density at radius 1 is 0.405 bits per heavy atom. The van der Waals surface area contributed by atoms with Crippen LogP contribution in [0.3, 0.4) is 0 Å². The van der Waals surface area contributed by atoms with Crippen LogP contribution in [-0.4, -0.2) is 4.92 Å². The second kappa shape index (κ2) is 12.2. The van der Waals surface area contributed by atoms with Crippen molar-refractivity contribution < 1.29 is 4.92 Å². The van der Waals surface area contributed by atoms with Crippen molar-refractivity contribution in [1.29, 1.82) is 0 Å². The summed E-state index contributed by atoms with van der Waals surface area (Å²) < 4.78 is 0. The van der Waals surface area contributed by atoms with Crippen LogP contribution < -0.4 is 4.90 Å². The highest BCUT2D eigenvalue weighted by Crippen LogP contribution is 2.39. The van der Waals surface area contributed by atoms with E-state index in [1.807, 2.05) is 48.5 Å². The van der Waals surface area contributed by atoms with Crippen LogP contribution in [0.25, 0.3) is 11.1 Å². The van der Waals surface area contributed by atoms with E-state index >= 15 is 0 Å². The molecule has 0 amide bonds. The smallest absolute Gasteiger partial charge is 0.269 e. The van der Waals surface area contributed by atoms with E-state index < -0.39 is 0 Å². The van der Waals surface area contributed by atoms with Gasteiger partial charge in [-0.2, -0.15) is 0 Å². The fourth-order valence-corrected chi connectivity index (χ4v) is 5.25. The maximum Gasteiger partial charge on any atom is 0.269 e. The zero-order valence-corrected chi connectivity index (χ0v) is 22.9. The molecule has 0 saturated heterocycles. The van der Waals surface area contributed by atoms with Crippen LogP contribution in [0.15, 0.2) is 170 Å². The van der Waals surface area contributed by atoms with Crippen molar-refractivity contribution in [2.75, 3.05) is 4.90 Å². The van der Waals surface area contributed by atoms with Gasteiger partial charge in [0.15, 0.2) is 0 Å². The average Bonchev–Trinajstić information content (AvgIpc) is 3.06. The summed E-state index contributed by atoms with van der Waals surface area (Å²) in [6.07, 6.45) is 0. The molecule has 0 N–H and O–H groups in total. The molecule has 0 aliphatic rings. The minimum absolute atomic E-state index is 0.0640. The molecule has 4 nitrogen and oxygen atoms in total. The molecule has 0 aliphatic carbocycles. The molecule has 202 valence electrons. The van der Waals surface area contributed by atoms with Gasteiger partial charge in [-0.25, -0.2) is 0 Å². The number of nitrogens with zero attached hydrogens (tertiary/aromatic N) is 2. The minimum atomic E-state index is -0.375. The molecule has 0 radical (unpaired) electrons. The molecule has 0 spiro atoms. The first-order chi connectivity index (χ1) is 20.7. The number of hydrogen-bond acceptors (Lipinski definition) is 3. The summed E-state index contributed by atoms with van der Waals surface area (Å²) in [7, 11) is 0. The fourth-order valence-electron chi connectivity index (χ4n) is 5.25. The lowest BCUT2D eigenvalue weighted by Crippen LogP contribution is -2.10. The zero-order valence-electron chi connectivity index (χ0n) is 22.9. The molecule has 0 heterocycles. The van der Waals surface area contributed by atoms with Crippen molar-refractivity contribution in [3.05, 3.63) is 202 Å². The van der Waals surface area contributed by atoms with Gasteiger partial charge in [0.05, 0.1) is 4.92 Å². The van der Waals surface area contributed by atoms with Gasteiger partial charge in [0.25, 0.3) is 5.69 Å². The van der Waals surface area contributed by atoms with Crippen LogP contribution in [-0.2, 0) is 0 Å². The second-order valence-corrected chi connectivity index (χ2v) is 9.84. The lowest BCUT2D eigenvalue weighted by atomic mass is 9.86. The van der Waals surface area contributed by atoms with E-state index in [9.17, 15) is 10.1 Å². The van der Waals surface area contributed by atoms with Crippen LogP contribution in [0.5, 0.6) is 0 Å². The number of nitro benzene ring substituents is 1. The number of benzene rings is 6. The van der Waals surface area contributed by atoms with Crippen LogP contribution in [0, 0.1) is 10.1 Å². The normalized spacial score (nSPS) is 10.6. The quantitative estimate of drug-likeness (QED) is 0.109. The lowest BCUT2D eigenvalue weighted by Gasteiger charge is -2.26. The third kappa shape index (κ3) is 5.60. The third-order valence-electron chi connectivity index (χ3n) is 7.18. The summed E-state index contributed by atoms with van der Waals surface area (Å²) in [6.45, 7) is 0. The van der Waals surface area contributed by atoms with Crippen molar-refractivity contribution in [1.82, 2.24) is 0 Å². The van der Waals surface area contributed by atoms with E-state index in [2.05, 4.69) is 102 Å². The Morgan fingerprint density at radius 3 is 1.10 bits per heavy atom. The molecule has 0 atom stereocenters. The summed E-state index contributed by atoms with van der Waals surface area (Å²) in [5.74, 6) is 0. The van der Waals surface area contributed by atoms with Crippen molar-refractivity contribution in [3.8, 4) is 0 Å². The number of rotatable bonds is 8. The van der Waals surface area contributed by atoms with E-state index in [1.54, 1.807) is 24.3 Å². The Morgan fingerprint density at radius 2 is 0.714 bits per heavy atom. The Kier molecular flexibility index (Phi) is 7.69.